The van der Waals surface area contributed by atoms with Crippen LogP contribution in [0.15, 0.2) is 32.6 Å². The van der Waals surface area contributed by atoms with E-state index in [2.05, 4.69) is 0 Å². The van der Waals surface area contributed by atoms with Crippen molar-refractivity contribution in [2.24, 2.45) is 0 Å². The van der Waals surface area contributed by atoms with Gasteiger partial charge in [-0.2, -0.15) is 0 Å². The Morgan fingerprint density at radius 1 is 0.783 bits per heavy atom. The van der Waals surface area contributed by atoms with Gasteiger partial charge < -0.3 is 15.3 Å². The van der Waals surface area contributed by atoms with Crippen molar-refractivity contribution < 1.29 is 24.9 Å². The summed E-state index contributed by atoms with van der Waals surface area (Å²) in [6, 6.07) is 2.36. The van der Waals surface area contributed by atoms with E-state index in [0.717, 1.165) is 12.1 Å². The Balaban J connectivity index is 2.75. The van der Waals surface area contributed by atoms with Crippen LogP contribution in [-0.2, 0) is 0 Å². The standard InChI is InChI=1S/C15H6O8/c16-5-1-2-6(17)9-8(5)11-10(12(9)15(22)23)7(18)3-4(13(11)19)14(20)21/h1-3,17H,(H,20,21)(H,22,23). The van der Waals surface area contributed by atoms with Crippen LogP contribution in [0.4, 0.5) is 0 Å². The lowest BCUT2D eigenvalue weighted by atomic mass is 9.99. The topological polar surface area (TPSA) is 146 Å². The molecule has 0 aromatic carbocycles. The molecule has 3 aliphatic carbocycles. The van der Waals surface area contributed by atoms with Crippen molar-refractivity contribution >= 4 is 11.9 Å². The molecule has 8 nitrogen and oxygen atoms in total. The summed E-state index contributed by atoms with van der Waals surface area (Å²) in [7, 11) is 0. The molecular weight excluding hydrogens is 308 g/mol. The second-order valence-electron chi connectivity index (χ2n) is 4.82. The van der Waals surface area contributed by atoms with Crippen LogP contribution in [-0.4, -0.2) is 27.3 Å². The number of phenols is 1. The fourth-order valence-corrected chi connectivity index (χ4v) is 2.70. The zero-order valence-corrected chi connectivity index (χ0v) is 11.1. The van der Waals surface area contributed by atoms with Gasteiger partial charge in [0.25, 0.3) is 0 Å². The van der Waals surface area contributed by atoms with E-state index in [-0.39, 0.29) is 0 Å². The first-order chi connectivity index (χ1) is 10.8. The van der Waals surface area contributed by atoms with Crippen molar-refractivity contribution in [3.63, 3.8) is 0 Å². The number of phenolic OH excluding ortho intramolecular Hbond substituents is 1. The van der Waals surface area contributed by atoms with Crippen LogP contribution in [0.2, 0.25) is 0 Å². The van der Waals surface area contributed by atoms with E-state index in [4.69, 9.17) is 5.11 Å². The normalized spacial score (nSPS) is 11.1. The second-order valence-corrected chi connectivity index (χ2v) is 4.82. The van der Waals surface area contributed by atoms with Crippen LogP contribution in [0.1, 0.15) is 20.7 Å². The van der Waals surface area contributed by atoms with Crippen molar-refractivity contribution in [3.8, 4) is 28.0 Å². The zero-order chi connectivity index (χ0) is 17.0. The highest BCUT2D eigenvalue weighted by Crippen LogP contribution is 2.43. The molecule has 0 radical (unpaired) electrons. The summed E-state index contributed by atoms with van der Waals surface area (Å²) >= 11 is 0. The number of carbonyl (C=O) groups is 2. The quantitative estimate of drug-likeness (QED) is 0.597. The fourth-order valence-electron chi connectivity index (χ4n) is 2.70. The highest BCUT2D eigenvalue weighted by atomic mass is 16.4. The number of benzene rings is 2. The monoisotopic (exact) mass is 314 g/mol. The molecule has 0 aromatic rings. The molecule has 0 unspecified atom stereocenters. The van der Waals surface area contributed by atoms with Gasteiger partial charge >= 0.3 is 11.9 Å². The lowest BCUT2D eigenvalue weighted by Gasteiger charge is -2.02. The summed E-state index contributed by atoms with van der Waals surface area (Å²) in [5.74, 6) is -3.89. The maximum absolute atomic E-state index is 12.3. The molecule has 0 aromatic heterocycles. The van der Waals surface area contributed by atoms with Gasteiger partial charge in [-0.1, -0.05) is 0 Å². The Morgan fingerprint density at radius 3 is 2.00 bits per heavy atom. The molecule has 0 saturated carbocycles. The first-order valence-electron chi connectivity index (χ1n) is 6.18. The Morgan fingerprint density at radius 2 is 1.43 bits per heavy atom. The van der Waals surface area contributed by atoms with Gasteiger partial charge in [0.1, 0.15) is 11.3 Å². The van der Waals surface area contributed by atoms with Gasteiger partial charge in [-0.15, -0.1) is 0 Å². The van der Waals surface area contributed by atoms with E-state index in [0.29, 0.717) is 6.07 Å². The molecule has 3 N–H and O–H groups in total. The van der Waals surface area contributed by atoms with Crippen LogP contribution in [0.5, 0.6) is 5.75 Å². The summed E-state index contributed by atoms with van der Waals surface area (Å²) in [4.78, 5) is 59.0. The first kappa shape index (κ1) is 14.4. The Kier molecular flexibility index (Phi) is 2.80. The molecule has 3 aliphatic rings. The molecule has 114 valence electrons. The Labute approximate surface area is 125 Å². The minimum absolute atomic E-state index is 0.447. The molecule has 0 aliphatic heterocycles. The van der Waals surface area contributed by atoms with Crippen LogP contribution in [0, 0.1) is 0 Å². The number of fused-ring (bicyclic) bond motifs is 3. The van der Waals surface area contributed by atoms with Crippen molar-refractivity contribution in [1.82, 2.24) is 0 Å². The smallest absolute Gasteiger partial charge is 0.339 e. The van der Waals surface area contributed by atoms with E-state index < -0.39 is 67.4 Å². The molecular formula is C15H6O8. The summed E-state index contributed by atoms with van der Waals surface area (Å²) in [6.45, 7) is 0. The molecule has 0 heterocycles. The third-order valence-electron chi connectivity index (χ3n) is 3.58. The SMILES string of the molecule is O=C(O)c1c2c(O)ccc(=O)c-2c2c(=O)c(C(=O)O)cc(=O)c1-2. The second kappa shape index (κ2) is 4.47. The van der Waals surface area contributed by atoms with E-state index in [1.54, 1.807) is 0 Å². The average molecular weight is 314 g/mol. The molecule has 0 amide bonds. The minimum atomic E-state index is -1.67. The van der Waals surface area contributed by atoms with Crippen LogP contribution in [0.25, 0.3) is 22.3 Å². The third-order valence-corrected chi connectivity index (χ3v) is 3.58. The largest absolute Gasteiger partial charge is 0.507 e. The average Bonchev–Trinajstić information content (AvgIpc) is 2.84. The minimum Gasteiger partial charge on any atom is -0.507 e. The molecule has 0 saturated heterocycles. The van der Waals surface area contributed by atoms with Crippen molar-refractivity contribution in [2.75, 3.05) is 0 Å². The van der Waals surface area contributed by atoms with Gasteiger partial charge in [0.2, 0.25) is 5.43 Å². The van der Waals surface area contributed by atoms with Gasteiger partial charge in [-0.25, -0.2) is 9.59 Å². The molecule has 0 spiro atoms. The summed E-state index contributed by atoms with van der Waals surface area (Å²) in [5, 5.41) is 28.2. The third kappa shape index (κ3) is 1.75. The lowest BCUT2D eigenvalue weighted by molar-refractivity contribution is 0.0687. The predicted octanol–water partition coefficient (Wildman–Crippen LogP) is -0.0456. The number of carboxylic acids is 2. The number of aromatic carboxylic acids is 2. The Bertz CT molecular complexity index is 1080. The summed E-state index contributed by atoms with van der Waals surface area (Å²) < 4.78 is 0. The molecule has 8 heteroatoms. The highest BCUT2D eigenvalue weighted by Gasteiger charge is 2.36. The molecule has 0 bridgehead atoms. The number of hydrogen-bond donors (Lipinski definition) is 3. The van der Waals surface area contributed by atoms with Crippen LogP contribution >= 0.6 is 0 Å². The van der Waals surface area contributed by atoms with E-state index >= 15 is 0 Å². The van der Waals surface area contributed by atoms with Gasteiger partial charge in [0.15, 0.2) is 10.9 Å². The van der Waals surface area contributed by atoms with Gasteiger partial charge in [-0.05, 0) is 12.1 Å². The van der Waals surface area contributed by atoms with E-state index in [1.807, 2.05) is 0 Å². The lowest BCUT2D eigenvalue weighted by Crippen LogP contribution is -2.24. The van der Waals surface area contributed by atoms with Crippen molar-refractivity contribution in [3.05, 3.63) is 60.0 Å². The molecule has 0 atom stereocenters. The number of aromatic hydroxyl groups is 1. The fraction of sp³-hybridized carbons (Fsp3) is 0. The van der Waals surface area contributed by atoms with Gasteiger partial charge in [0, 0.05) is 28.3 Å². The van der Waals surface area contributed by atoms with Gasteiger partial charge in [0.05, 0.1) is 5.56 Å². The first-order valence-corrected chi connectivity index (χ1v) is 6.18. The maximum Gasteiger partial charge on any atom is 0.339 e. The van der Waals surface area contributed by atoms with Crippen molar-refractivity contribution in [1.29, 1.82) is 0 Å². The highest BCUT2D eigenvalue weighted by molar-refractivity contribution is 6.12. The Hall–Kier alpha value is -3.55. The number of carboxylic acid groups (broad SMARTS) is 2. The molecule has 23 heavy (non-hydrogen) atoms. The number of rotatable bonds is 2. The summed E-state index contributed by atoms with van der Waals surface area (Å²) in [5.41, 5.74) is -6.62. The predicted molar refractivity (Wildman–Crippen MR) is 76.5 cm³/mol. The van der Waals surface area contributed by atoms with Crippen molar-refractivity contribution in [2.45, 2.75) is 0 Å². The van der Waals surface area contributed by atoms with Crippen LogP contribution in [0.3, 0.4) is 0 Å². The van der Waals surface area contributed by atoms with Crippen LogP contribution < -0.4 is 16.3 Å². The van der Waals surface area contributed by atoms with E-state index in [9.17, 15) is 34.2 Å². The maximum atomic E-state index is 12.3. The van der Waals surface area contributed by atoms with E-state index in [1.165, 1.54) is 0 Å². The summed E-state index contributed by atoms with van der Waals surface area (Å²) in [6.07, 6.45) is 0. The van der Waals surface area contributed by atoms with Gasteiger partial charge in [-0.3, -0.25) is 14.4 Å². The number of hydrogen-bond acceptors (Lipinski definition) is 6. The molecule has 3 rings (SSSR count). The molecule has 0 fully saturated rings. The zero-order valence-electron chi connectivity index (χ0n) is 11.1.